The minimum atomic E-state index is -0.250. The van der Waals surface area contributed by atoms with Gasteiger partial charge in [0, 0.05) is 11.1 Å². The molecule has 0 saturated heterocycles. The second-order valence-corrected chi connectivity index (χ2v) is 5.67. The van der Waals surface area contributed by atoms with Crippen LogP contribution in [0.15, 0.2) is 61.2 Å². The number of aryl methyl sites for hydroxylation is 1. The van der Waals surface area contributed by atoms with Crippen molar-refractivity contribution in [1.29, 1.82) is 0 Å². The van der Waals surface area contributed by atoms with E-state index in [1.807, 2.05) is 31.2 Å². The quantitative estimate of drug-likeness (QED) is 0.734. The molecule has 0 unspecified atom stereocenters. The topological polar surface area (TPSA) is 59.8 Å². The Morgan fingerprint density at radius 1 is 1.25 bits per heavy atom. The van der Waals surface area contributed by atoms with Crippen LogP contribution in [0.5, 0.6) is 0 Å². The summed E-state index contributed by atoms with van der Waals surface area (Å²) in [4.78, 5) is 16.1. The normalized spacial score (nSPS) is 10.9. The number of benzene rings is 2. The van der Waals surface area contributed by atoms with Crippen molar-refractivity contribution in [1.82, 2.24) is 14.8 Å². The zero-order valence-electron chi connectivity index (χ0n) is 13.0. The number of carbonyl (C=O) groups excluding carboxylic acids is 1. The van der Waals surface area contributed by atoms with E-state index in [0.29, 0.717) is 16.4 Å². The average Bonchev–Trinajstić information content (AvgIpc) is 3.07. The van der Waals surface area contributed by atoms with Gasteiger partial charge in [0.05, 0.1) is 11.4 Å². The molecule has 5 nitrogen and oxygen atoms in total. The van der Waals surface area contributed by atoms with Crippen molar-refractivity contribution >= 4 is 29.3 Å². The van der Waals surface area contributed by atoms with Crippen LogP contribution in [0.3, 0.4) is 0 Å². The second kappa shape index (κ2) is 7.10. The van der Waals surface area contributed by atoms with E-state index in [4.69, 9.17) is 11.6 Å². The Morgan fingerprint density at radius 2 is 2.12 bits per heavy atom. The second-order valence-electron chi connectivity index (χ2n) is 5.24. The number of aromatic nitrogens is 3. The van der Waals surface area contributed by atoms with E-state index in [0.717, 1.165) is 11.1 Å². The predicted molar refractivity (Wildman–Crippen MR) is 95.2 cm³/mol. The Kier molecular flexibility index (Phi) is 4.72. The number of amides is 1. The number of nitrogens with one attached hydrogen (secondary N) is 1. The fourth-order valence-corrected chi connectivity index (χ4v) is 2.43. The molecule has 1 amide bonds. The fourth-order valence-electron chi connectivity index (χ4n) is 2.26. The summed E-state index contributed by atoms with van der Waals surface area (Å²) in [7, 11) is 0. The monoisotopic (exact) mass is 338 g/mol. The summed E-state index contributed by atoms with van der Waals surface area (Å²) in [5.74, 6) is -0.250. The summed E-state index contributed by atoms with van der Waals surface area (Å²) in [6.07, 6.45) is 6.24. The molecule has 0 atom stereocenters. The van der Waals surface area contributed by atoms with E-state index in [2.05, 4.69) is 15.4 Å². The molecule has 0 spiro atoms. The molecule has 0 fully saturated rings. The van der Waals surface area contributed by atoms with Gasteiger partial charge in [-0.05, 0) is 36.8 Å². The van der Waals surface area contributed by atoms with Crippen LogP contribution < -0.4 is 5.32 Å². The smallest absolute Gasteiger partial charge is 0.248 e. The number of hydrogen-bond acceptors (Lipinski definition) is 3. The number of nitrogens with zero attached hydrogens (tertiary/aromatic N) is 3. The number of halogens is 1. The van der Waals surface area contributed by atoms with Crippen LogP contribution >= 0.6 is 11.6 Å². The average molecular weight is 339 g/mol. The van der Waals surface area contributed by atoms with E-state index >= 15 is 0 Å². The molecule has 120 valence electrons. The first kappa shape index (κ1) is 16.0. The molecule has 3 aromatic rings. The van der Waals surface area contributed by atoms with E-state index in [1.54, 1.807) is 35.3 Å². The van der Waals surface area contributed by atoms with Crippen LogP contribution in [0.25, 0.3) is 11.8 Å². The van der Waals surface area contributed by atoms with Gasteiger partial charge in [-0.2, -0.15) is 5.10 Å². The first-order chi connectivity index (χ1) is 11.6. The van der Waals surface area contributed by atoms with Gasteiger partial charge in [0.15, 0.2) is 0 Å². The maximum Gasteiger partial charge on any atom is 0.248 e. The minimum absolute atomic E-state index is 0.250. The molecule has 1 aromatic heterocycles. The third-order valence-corrected chi connectivity index (χ3v) is 3.59. The molecule has 6 heteroatoms. The summed E-state index contributed by atoms with van der Waals surface area (Å²) < 4.78 is 1.57. The lowest BCUT2D eigenvalue weighted by molar-refractivity contribution is -0.111. The standard InChI is InChI=1S/C18H15ClN4O/c1-13-3-2-4-14(9-13)5-8-18(24)22-16-10-15(19)6-7-17(16)23-12-20-11-21-23/h2-12H,1H3,(H,22,24)/b8-5+. The van der Waals surface area contributed by atoms with Gasteiger partial charge in [-0.3, -0.25) is 4.79 Å². The number of hydrogen-bond donors (Lipinski definition) is 1. The molecule has 0 aliphatic carbocycles. The summed E-state index contributed by atoms with van der Waals surface area (Å²) in [5.41, 5.74) is 3.36. The van der Waals surface area contributed by atoms with E-state index in [-0.39, 0.29) is 5.91 Å². The molecular weight excluding hydrogens is 324 g/mol. The largest absolute Gasteiger partial charge is 0.321 e. The van der Waals surface area contributed by atoms with Gasteiger partial charge in [0.1, 0.15) is 12.7 Å². The molecular formula is C18H15ClN4O. The van der Waals surface area contributed by atoms with E-state index < -0.39 is 0 Å². The lowest BCUT2D eigenvalue weighted by Gasteiger charge is -2.10. The van der Waals surface area contributed by atoms with Crippen LogP contribution in [0.2, 0.25) is 5.02 Å². The lowest BCUT2D eigenvalue weighted by atomic mass is 10.1. The van der Waals surface area contributed by atoms with Gasteiger partial charge >= 0.3 is 0 Å². The highest BCUT2D eigenvalue weighted by molar-refractivity contribution is 6.31. The van der Waals surface area contributed by atoms with Gasteiger partial charge in [-0.15, -0.1) is 0 Å². The Bertz CT molecular complexity index is 888. The third kappa shape index (κ3) is 3.88. The van der Waals surface area contributed by atoms with Gasteiger partial charge in [-0.25, -0.2) is 9.67 Å². The van der Waals surface area contributed by atoms with Gasteiger partial charge < -0.3 is 5.32 Å². The first-order valence-corrected chi connectivity index (χ1v) is 7.70. The highest BCUT2D eigenvalue weighted by atomic mass is 35.5. The van der Waals surface area contributed by atoms with Gasteiger partial charge in [-0.1, -0.05) is 41.4 Å². The molecule has 1 N–H and O–H groups in total. The van der Waals surface area contributed by atoms with Crippen molar-refractivity contribution < 1.29 is 4.79 Å². The molecule has 0 saturated carbocycles. The van der Waals surface area contributed by atoms with Crippen molar-refractivity contribution in [3.05, 3.63) is 77.3 Å². The van der Waals surface area contributed by atoms with Crippen LogP contribution in [0.1, 0.15) is 11.1 Å². The van der Waals surface area contributed by atoms with Crippen LogP contribution in [0, 0.1) is 6.92 Å². The van der Waals surface area contributed by atoms with Crippen molar-refractivity contribution in [3.8, 4) is 5.69 Å². The van der Waals surface area contributed by atoms with Crippen molar-refractivity contribution in [2.24, 2.45) is 0 Å². The van der Waals surface area contributed by atoms with Gasteiger partial charge in [0.2, 0.25) is 5.91 Å². The number of rotatable bonds is 4. The zero-order valence-corrected chi connectivity index (χ0v) is 13.7. The molecule has 1 heterocycles. The van der Waals surface area contributed by atoms with E-state index in [1.165, 1.54) is 12.4 Å². The van der Waals surface area contributed by atoms with Crippen LogP contribution in [-0.4, -0.2) is 20.7 Å². The molecule has 0 radical (unpaired) electrons. The highest BCUT2D eigenvalue weighted by Gasteiger charge is 2.08. The van der Waals surface area contributed by atoms with Gasteiger partial charge in [0.25, 0.3) is 0 Å². The zero-order chi connectivity index (χ0) is 16.9. The lowest BCUT2D eigenvalue weighted by Crippen LogP contribution is -2.11. The van der Waals surface area contributed by atoms with Crippen molar-refractivity contribution in [3.63, 3.8) is 0 Å². The van der Waals surface area contributed by atoms with Crippen LogP contribution in [-0.2, 0) is 4.79 Å². The highest BCUT2D eigenvalue weighted by Crippen LogP contribution is 2.24. The summed E-state index contributed by atoms with van der Waals surface area (Å²) in [6, 6.07) is 13.1. The molecule has 0 aliphatic rings. The summed E-state index contributed by atoms with van der Waals surface area (Å²) in [6.45, 7) is 2.01. The Morgan fingerprint density at radius 3 is 2.88 bits per heavy atom. The first-order valence-electron chi connectivity index (χ1n) is 7.32. The Balaban J connectivity index is 1.80. The maximum atomic E-state index is 12.2. The molecule has 2 aromatic carbocycles. The molecule has 0 aliphatic heterocycles. The summed E-state index contributed by atoms with van der Waals surface area (Å²) in [5, 5.41) is 7.43. The van der Waals surface area contributed by atoms with Crippen LogP contribution in [0.4, 0.5) is 5.69 Å². The third-order valence-electron chi connectivity index (χ3n) is 3.35. The SMILES string of the molecule is Cc1cccc(/C=C/C(=O)Nc2cc(Cl)ccc2-n2cncn2)c1. The van der Waals surface area contributed by atoms with E-state index in [9.17, 15) is 4.79 Å². The summed E-state index contributed by atoms with van der Waals surface area (Å²) >= 11 is 6.04. The minimum Gasteiger partial charge on any atom is -0.321 e. The molecule has 24 heavy (non-hydrogen) atoms. The molecule has 3 rings (SSSR count). The number of anilines is 1. The maximum absolute atomic E-state index is 12.2. The fraction of sp³-hybridized carbons (Fsp3) is 0.0556. The van der Waals surface area contributed by atoms with Crippen molar-refractivity contribution in [2.45, 2.75) is 6.92 Å². The Labute approximate surface area is 144 Å². The van der Waals surface area contributed by atoms with Crippen molar-refractivity contribution in [2.75, 3.05) is 5.32 Å². The number of carbonyl (C=O) groups is 1. The predicted octanol–water partition coefficient (Wildman–Crippen LogP) is 3.88. The Hall–Kier alpha value is -2.92. The molecule has 0 bridgehead atoms.